The van der Waals surface area contributed by atoms with E-state index in [1.807, 2.05) is 0 Å². The van der Waals surface area contributed by atoms with Crippen LogP contribution >= 0.6 is 0 Å². The van der Waals surface area contributed by atoms with Crippen molar-refractivity contribution in [3.63, 3.8) is 0 Å². The van der Waals surface area contributed by atoms with Crippen molar-refractivity contribution in [3.8, 4) is 0 Å². The average molecular weight is 174 g/mol. The molecular weight excluding hydrogens is 156 g/mol. The molecule has 0 bridgehead atoms. The first-order valence-electron chi connectivity index (χ1n) is 4.86. The summed E-state index contributed by atoms with van der Waals surface area (Å²) >= 11 is 0. The van der Waals surface area contributed by atoms with Crippen LogP contribution in [0.3, 0.4) is 0 Å². The molecule has 0 atom stereocenters. The molecule has 1 rings (SSSR count). The lowest BCUT2D eigenvalue weighted by atomic mass is 10.0. The second-order valence-corrected chi connectivity index (χ2v) is 3.80. The van der Waals surface area contributed by atoms with Crippen LogP contribution in [0.25, 0.3) is 0 Å². The molecule has 0 heteroatoms. The van der Waals surface area contributed by atoms with E-state index in [2.05, 4.69) is 51.2 Å². The van der Waals surface area contributed by atoms with E-state index in [9.17, 15) is 0 Å². The molecule has 70 valence electrons. The van der Waals surface area contributed by atoms with Gasteiger partial charge in [-0.05, 0) is 39.2 Å². The number of hydrogen-bond donors (Lipinski definition) is 0. The lowest BCUT2D eigenvalue weighted by molar-refractivity contribution is 1.16. The van der Waals surface area contributed by atoms with E-state index in [0.717, 1.165) is 12.8 Å². The van der Waals surface area contributed by atoms with Gasteiger partial charge in [-0.15, -0.1) is 0 Å². The topological polar surface area (TPSA) is 0 Å². The average Bonchev–Trinajstić information content (AvgIpc) is 2.04. The molecule has 0 radical (unpaired) electrons. The molecule has 0 nitrogen and oxygen atoms in total. The van der Waals surface area contributed by atoms with E-state index in [1.165, 1.54) is 16.7 Å². The number of rotatable bonds is 2. The standard InChI is InChI=1S/C13H18/c1-11(2)9-12(3)10-13-7-5-4-6-8-13/h4-5,8-10H,6-7H2,1-3H3. The fraction of sp³-hybridized carbons (Fsp3) is 0.385. The van der Waals surface area contributed by atoms with Crippen LogP contribution in [-0.2, 0) is 0 Å². The summed E-state index contributed by atoms with van der Waals surface area (Å²) in [6.07, 6.45) is 13.4. The predicted molar refractivity (Wildman–Crippen MR) is 59.6 cm³/mol. The van der Waals surface area contributed by atoms with Crippen molar-refractivity contribution in [2.24, 2.45) is 0 Å². The van der Waals surface area contributed by atoms with Crippen molar-refractivity contribution in [2.75, 3.05) is 0 Å². The van der Waals surface area contributed by atoms with Gasteiger partial charge in [0.1, 0.15) is 0 Å². The van der Waals surface area contributed by atoms with E-state index < -0.39 is 0 Å². The Kier molecular flexibility index (Phi) is 3.75. The molecule has 1 aliphatic rings. The van der Waals surface area contributed by atoms with Gasteiger partial charge >= 0.3 is 0 Å². The monoisotopic (exact) mass is 174 g/mol. The normalized spacial score (nSPS) is 16.8. The number of allylic oxidation sites excluding steroid dienone is 8. The molecule has 0 fully saturated rings. The van der Waals surface area contributed by atoms with Crippen LogP contribution in [-0.4, -0.2) is 0 Å². The van der Waals surface area contributed by atoms with E-state index in [0.29, 0.717) is 0 Å². The zero-order valence-electron chi connectivity index (χ0n) is 8.80. The second-order valence-electron chi connectivity index (χ2n) is 3.80. The molecule has 13 heavy (non-hydrogen) atoms. The van der Waals surface area contributed by atoms with E-state index in [1.54, 1.807) is 0 Å². The van der Waals surface area contributed by atoms with Crippen LogP contribution in [0, 0.1) is 0 Å². The molecule has 0 aromatic carbocycles. The van der Waals surface area contributed by atoms with Crippen LogP contribution in [0.2, 0.25) is 0 Å². The minimum atomic E-state index is 1.09. The first-order valence-corrected chi connectivity index (χ1v) is 4.86. The molecule has 0 aromatic rings. The Morgan fingerprint density at radius 2 is 2.00 bits per heavy atom. The first kappa shape index (κ1) is 10.0. The third-order valence-electron chi connectivity index (χ3n) is 1.97. The van der Waals surface area contributed by atoms with Gasteiger partial charge in [-0.25, -0.2) is 0 Å². The summed E-state index contributed by atoms with van der Waals surface area (Å²) in [6, 6.07) is 0. The minimum Gasteiger partial charge on any atom is -0.0844 e. The van der Waals surface area contributed by atoms with Crippen molar-refractivity contribution >= 4 is 0 Å². The van der Waals surface area contributed by atoms with Gasteiger partial charge in [0, 0.05) is 0 Å². The molecule has 0 saturated heterocycles. The smallest absolute Gasteiger partial charge is 0.0100 e. The van der Waals surface area contributed by atoms with Crippen LogP contribution in [0.5, 0.6) is 0 Å². The van der Waals surface area contributed by atoms with Crippen molar-refractivity contribution in [1.82, 2.24) is 0 Å². The highest BCUT2D eigenvalue weighted by atomic mass is 14.0. The third kappa shape index (κ3) is 3.93. The summed E-state index contributed by atoms with van der Waals surface area (Å²) in [5.74, 6) is 0. The van der Waals surface area contributed by atoms with Crippen molar-refractivity contribution < 1.29 is 0 Å². The SMILES string of the molecule is CC(C)=CC(C)=CC1=CCC=CC1. The van der Waals surface area contributed by atoms with Crippen LogP contribution in [0.1, 0.15) is 33.6 Å². The lowest BCUT2D eigenvalue weighted by Gasteiger charge is -2.03. The minimum absolute atomic E-state index is 1.09. The first-order chi connectivity index (χ1) is 6.18. The summed E-state index contributed by atoms with van der Waals surface area (Å²) in [5.41, 5.74) is 4.15. The van der Waals surface area contributed by atoms with Crippen molar-refractivity contribution in [1.29, 1.82) is 0 Å². The molecule has 1 aliphatic carbocycles. The van der Waals surface area contributed by atoms with Crippen LogP contribution < -0.4 is 0 Å². The van der Waals surface area contributed by atoms with Crippen LogP contribution in [0.4, 0.5) is 0 Å². The van der Waals surface area contributed by atoms with Gasteiger partial charge in [0.05, 0.1) is 0 Å². The lowest BCUT2D eigenvalue weighted by Crippen LogP contribution is -1.83. The summed E-state index contributed by atoms with van der Waals surface area (Å²) in [5, 5.41) is 0. The Morgan fingerprint density at radius 3 is 2.54 bits per heavy atom. The van der Waals surface area contributed by atoms with Crippen molar-refractivity contribution in [2.45, 2.75) is 33.6 Å². The Hall–Kier alpha value is -1.04. The van der Waals surface area contributed by atoms with E-state index >= 15 is 0 Å². The zero-order valence-corrected chi connectivity index (χ0v) is 8.80. The highest BCUT2D eigenvalue weighted by Crippen LogP contribution is 2.14. The van der Waals surface area contributed by atoms with Gasteiger partial charge in [0.15, 0.2) is 0 Å². The Morgan fingerprint density at radius 1 is 1.23 bits per heavy atom. The molecule has 0 aliphatic heterocycles. The molecule has 0 amide bonds. The van der Waals surface area contributed by atoms with Gasteiger partial charge in [0.2, 0.25) is 0 Å². The summed E-state index contributed by atoms with van der Waals surface area (Å²) in [4.78, 5) is 0. The maximum atomic E-state index is 2.29. The molecule has 0 unspecified atom stereocenters. The highest BCUT2D eigenvalue weighted by molar-refractivity contribution is 5.33. The Labute approximate surface area is 81.4 Å². The quantitative estimate of drug-likeness (QED) is 0.435. The maximum absolute atomic E-state index is 2.29. The predicted octanol–water partition coefficient (Wildman–Crippen LogP) is 4.18. The van der Waals surface area contributed by atoms with Gasteiger partial charge < -0.3 is 0 Å². The Balaban J connectivity index is 2.65. The largest absolute Gasteiger partial charge is 0.0844 e. The van der Waals surface area contributed by atoms with Gasteiger partial charge in [-0.1, -0.05) is 41.5 Å². The maximum Gasteiger partial charge on any atom is -0.0100 e. The summed E-state index contributed by atoms with van der Waals surface area (Å²) in [6.45, 7) is 6.42. The van der Waals surface area contributed by atoms with Gasteiger partial charge in [-0.3, -0.25) is 0 Å². The van der Waals surface area contributed by atoms with Crippen molar-refractivity contribution in [3.05, 3.63) is 47.1 Å². The summed E-state index contributed by atoms with van der Waals surface area (Å²) in [7, 11) is 0. The van der Waals surface area contributed by atoms with Crippen LogP contribution in [0.15, 0.2) is 47.1 Å². The molecule has 0 heterocycles. The second kappa shape index (κ2) is 4.86. The summed E-state index contributed by atoms with van der Waals surface area (Å²) < 4.78 is 0. The molecule has 0 aromatic heterocycles. The van der Waals surface area contributed by atoms with E-state index in [4.69, 9.17) is 0 Å². The molecular formula is C13H18. The van der Waals surface area contributed by atoms with E-state index in [-0.39, 0.29) is 0 Å². The third-order valence-corrected chi connectivity index (χ3v) is 1.97. The Bertz CT molecular complexity index is 281. The fourth-order valence-electron chi connectivity index (χ4n) is 1.53. The molecule has 0 spiro atoms. The number of hydrogen-bond acceptors (Lipinski definition) is 0. The van der Waals surface area contributed by atoms with Gasteiger partial charge in [0.25, 0.3) is 0 Å². The highest BCUT2D eigenvalue weighted by Gasteiger charge is 1.94. The molecule has 0 N–H and O–H groups in total. The molecule has 0 saturated carbocycles. The zero-order chi connectivity index (χ0) is 9.68. The van der Waals surface area contributed by atoms with Gasteiger partial charge in [-0.2, -0.15) is 0 Å². The fourth-order valence-corrected chi connectivity index (χ4v) is 1.53.